The molecule has 108 valence electrons. The van der Waals surface area contributed by atoms with Gasteiger partial charge in [-0.15, -0.1) is 0 Å². The minimum Gasteiger partial charge on any atom is -0.493 e. The van der Waals surface area contributed by atoms with Crippen LogP contribution in [0.25, 0.3) is 0 Å². The van der Waals surface area contributed by atoms with Crippen LogP contribution >= 0.6 is 0 Å². The van der Waals surface area contributed by atoms with Crippen LogP contribution in [0.4, 0.5) is 0 Å². The molecule has 0 fully saturated rings. The van der Waals surface area contributed by atoms with Crippen LogP contribution in [0, 0.1) is 5.92 Å². The Morgan fingerprint density at radius 1 is 1.00 bits per heavy atom. The monoisotopic (exact) mass is 267 g/mol. The van der Waals surface area contributed by atoms with Crippen LogP contribution in [-0.4, -0.2) is 34.5 Å². The van der Waals surface area contributed by atoms with E-state index in [0.717, 1.165) is 17.1 Å². The van der Waals surface area contributed by atoms with E-state index in [1.54, 1.807) is 21.3 Å². The summed E-state index contributed by atoms with van der Waals surface area (Å²) in [6.07, 6.45) is 0.100. The van der Waals surface area contributed by atoms with Crippen molar-refractivity contribution >= 4 is 0 Å². The maximum absolute atomic E-state index is 5.61. The molecule has 0 aliphatic rings. The van der Waals surface area contributed by atoms with E-state index in [1.807, 2.05) is 25.2 Å². The number of nitrogens with one attached hydrogen (secondary N) is 1. The third kappa shape index (κ3) is 3.61. The fraction of sp³-hybridized carbons (Fsp3) is 0.600. The summed E-state index contributed by atoms with van der Waals surface area (Å²) < 4.78 is 16.2. The van der Waals surface area contributed by atoms with Gasteiger partial charge >= 0.3 is 0 Å². The van der Waals surface area contributed by atoms with Crippen LogP contribution < -0.4 is 14.8 Å². The van der Waals surface area contributed by atoms with Gasteiger partial charge in [0.1, 0.15) is 0 Å². The van der Waals surface area contributed by atoms with Gasteiger partial charge in [-0.05, 0) is 30.7 Å². The van der Waals surface area contributed by atoms with Crippen molar-refractivity contribution < 1.29 is 14.2 Å². The lowest BCUT2D eigenvalue weighted by molar-refractivity contribution is 0.0348. The van der Waals surface area contributed by atoms with E-state index in [4.69, 9.17) is 14.2 Å². The average molecular weight is 267 g/mol. The van der Waals surface area contributed by atoms with Gasteiger partial charge in [0.15, 0.2) is 11.5 Å². The van der Waals surface area contributed by atoms with E-state index in [1.165, 1.54) is 0 Å². The summed E-state index contributed by atoms with van der Waals surface area (Å²) in [6, 6.07) is 6.07. The number of hydrogen-bond acceptors (Lipinski definition) is 4. The fourth-order valence-electron chi connectivity index (χ4n) is 2.36. The average Bonchev–Trinajstić information content (AvgIpc) is 2.43. The van der Waals surface area contributed by atoms with Crippen LogP contribution in [0.15, 0.2) is 18.2 Å². The number of ether oxygens (including phenoxy) is 3. The SMILES string of the molecule is CNC(c1ccc(OC)c(OC)c1)C(OC)C(C)C. The normalized spacial score (nSPS) is 14.3. The molecule has 0 aliphatic carbocycles. The van der Waals surface area contributed by atoms with E-state index in [-0.39, 0.29) is 12.1 Å². The van der Waals surface area contributed by atoms with Gasteiger partial charge in [-0.25, -0.2) is 0 Å². The smallest absolute Gasteiger partial charge is 0.161 e. The molecule has 0 amide bonds. The fourth-order valence-corrected chi connectivity index (χ4v) is 2.36. The maximum atomic E-state index is 5.61. The first-order valence-corrected chi connectivity index (χ1v) is 6.51. The van der Waals surface area contributed by atoms with Crippen LogP contribution in [0.1, 0.15) is 25.5 Å². The molecule has 2 unspecified atom stereocenters. The highest BCUT2D eigenvalue weighted by Gasteiger charge is 2.25. The second-order valence-corrected chi connectivity index (χ2v) is 4.83. The summed E-state index contributed by atoms with van der Waals surface area (Å²) in [5, 5.41) is 3.32. The van der Waals surface area contributed by atoms with E-state index >= 15 is 0 Å². The van der Waals surface area contributed by atoms with Crippen molar-refractivity contribution in [1.82, 2.24) is 5.32 Å². The predicted molar refractivity (Wildman–Crippen MR) is 77.0 cm³/mol. The molecular formula is C15H25NO3. The van der Waals surface area contributed by atoms with Crippen molar-refractivity contribution in [3.63, 3.8) is 0 Å². The maximum Gasteiger partial charge on any atom is 0.161 e. The summed E-state index contributed by atoms with van der Waals surface area (Å²) >= 11 is 0. The molecule has 0 bridgehead atoms. The van der Waals surface area contributed by atoms with Gasteiger partial charge in [0, 0.05) is 7.11 Å². The Kier molecular flexibility index (Phi) is 6.12. The van der Waals surface area contributed by atoms with Gasteiger partial charge in [0.2, 0.25) is 0 Å². The number of likely N-dealkylation sites (N-methyl/N-ethyl adjacent to an activating group) is 1. The molecule has 1 aromatic rings. The van der Waals surface area contributed by atoms with E-state index in [0.29, 0.717) is 5.92 Å². The van der Waals surface area contributed by atoms with Crippen molar-refractivity contribution in [3.05, 3.63) is 23.8 Å². The Morgan fingerprint density at radius 2 is 1.63 bits per heavy atom. The minimum atomic E-state index is 0.100. The molecule has 2 atom stereocenters. The molecule has 1 N–H and O–H groups in total. The van der Waals surface area contributed by atoms with Gasteiger partial charge in [-0.3, -0.25) is 0 Å². The van der Waals surface area contributed by atoms with Gasteiger partial charge in [-0.1, -0.05) is 19.9 Å². The van der Waals surface area contributed by atoms with Crippen LogP contribution in [0.2, 0.25) is 0 Å². The molecule has 0 aliphatic heterocycles. The van der Waals surface area contributed by atoms with Gasteiger partial charge < -0.3 is 19.5 Å². The number of methoxy groups -OCH3 is 3. The largest absolute Gasteiger partial charge is 0.493 e. The molecule has 4 heteroatoms. The molecule has 0 heterocycles. The number of rotatable bonds is 7. The minimum absolute atomic E-state index is 0.100. The Hall–Kier alpha value is -1.26. The third-order valence-electron chi connectivity index (χ3n) is 3.34. The zero-order valence-corrected chi connectivity index (χ0v) is 12.7. The molecule has 0 saturated carbocycles. The Labute approximate surface area is 116 Å². The topological polar surface area (TPSA) is 39.7 Å². The van der Waals surface area contributed by atoms with Crippen molar-refractivity contribution in [2.45, 2.75) is 26.0 Å². The molecule has 0 radical (unpaired) electrons. The first-order chi connectivity index (χ1) is 9.08. The molecule has 1 rings (SSSR count). The van der Waals surface area contributed by atoms with Gasteiger partial charge in [0.05, 0.1) is 26.4 Å². The molecule has 0 saturated heterocycles. The number of benzene rings is 1. The lowest BCUT2D eigenvalue weighted by atomic mass is 9.93. The zero-order valence-electron chi connectivity index (χ0n) is 12.7. The standard InChI is InChI=1S/C15H25NO3/c1-10(2)15(19-6)14(16-3)11-7-8-12(17-4)13(9-11)18-5/h7-10,14-16H,1-6H3. The quantitative estimate of drug-likeness (QED) is 0.824. The molecule has 19 heavy (non-hydrogen) atoms. The Morgan fingerprint density at radius 3 is 2.05 bits per heavy atom. The summed E-state index contributed by atoms with van der Waals surface area (Å²) in [7, 11) is 6.97. The highest BCUT2D eigenvalue weighted by molar-refractivity contribution is 5.44. The van der Waals surface area contributed by atoms with E-state index in [2.05, 4.69) is 19.2 Å². The van der Waals surface area contributed by atoms with Gasteiger partial charge in [0.25, 0.3) is 0 Å². The highest BCUT2D eigenvalue weighted by atomic mass is 16.5. The van der Waals surface area contributed by atoms with Crippen molar-refractivity contribution in [1.29, 1.82) is 0 Å². The lowest BCUT2D eigenvalue weighted by Crippen LogP contribution is -2.34. The molecule has 0 spiro atoms. The Bertz CT molecular complexity index is 393. The predicted octanol–water partition coefficient (Wildman–Crippen LogP) is 2.64. The van der Waals surface area contributed by atoms with E-state index < -0.39 is 0 Å². The molecular weight excluding hydrogens is 242 g/mol. The first-order valence-electron chi connectivity index (χ1n) is 6.51. The molecule has 0 aromatic heterocycles. The first kappa shape index (κ1) is 15.8. The van der Waals surface area contributed by atoms with Crippen molar-refractivity contribution in [2.24, 2.45) is 5.92 Å². The zero-order chi connectivity index (χ0) is 14.4. The molecule has 1 aromatic carbocycles. The van der Waals surface area contributed by atoms with Crippen molar-refractivity contribution in [2.75, 3.05) is 28.4 Å². The second-order valence-electron chi connectivity index (χ2n) is 4.83. The second kappa shape index (κ2) is 7.36. The van der Waals surface area contributed by atoms with Crippen LogP contribution in [0.5, 0.6) is 11.5 Å². The summed E-state index contributed by atoms with van der Waals surface area (Å²) in [6.45, 7) is 4.30. The summed E-state index contributed by atoms with van der Waals surface area (Å²) in [4.78, 5) is 0. The number of hydrogen-bond donors (Lipinski definition) is 1. The van der Waals surface area contributed by atoms with Crippen LogP contribution in [-0.2, 0) is 4.74 Å². The lowest BCUT2D eigenvalue weighted by Gasteiger charge is -2.29. The van der Waals surface area contributed by atoms with Crippen molar-refractivity contribution in [3.8, 4) is 11.5 Å². The summed E-state index contributed by atoms with van der Waals surface area (Å²) in [5.74, 6) is 1.88. The summed E-state index contributed by atoms with van der Waals surface area (Å²) in [5.41, 5.74) is 1.13. The van der Waals surface area contributed by atoms with Crippen LogP contribution in [0.3, 0.4) is 0 Å². The Balaban J connectivity index is 3.11. The molecule has 4 nitrogen and oxygen atoms in total. The van der Waals surface area contributed by atoms with E-state index in [9.17, 15) is 0 Å². The third-order valence-corrected chi connectivity index (χ3v) is 3.34. The highest BCUT2D eigenvalue weighted by Crippen LogP contribution is 2.32. The van der Waals surface area contributed by atoms with Gasteiger partial charge in [-0.2, -0.15) is 0 Å².